The smallest absolute Gasteiger partial charge is 0.174 e. The number of hydrogen-bond donors (Lipinski definition) is 3. The number of carbonyl (C=O) groups is 2. The minimum Gasteiger partial charge on any atom is -0.507 e. The van der Waals surface area contributed by atoms with Crippen LogP contribution >= 0.6 is 0 Å². The highest BCUT2D eigenvalue weighted by Gasteiger charge is 2.13. The summed E-state index contributed by atoms with van der Waals surface area (Å²) < 4.78 is 0. The lowest BCUT2D eigenvalue weighted by Crippen LogP contribution is -2.06. The highest BCUT2D eigenvalue weighted by molar-refractivity contribution is 6.13. The normalized spacial score (nSPS) is 10.7. The standard InChI is InChI=1S/C17H14O5/c18-12(7-5-11-6-8-15(20)17(22)9-11)10-16(21)13-3-1-2-4-14(13)19/h1-9,19-20,22H,10H2/b7-5+. The van der Waals surface area contributed by atoms with Crippen molar-refractivity contribution in [2.45, 2.75) is 6.42 Å². The first-order chi connectivity index (χ1) is 10.5. The number of ketones is 2. The number of aromatic hydroxyl groups is 3. The third-order valence-electron chi connectivity index (χ3n) is 3.00. The molecule has 0 aromatic heterocycles. The molecule has 0 saturated carbocycles. The van der Waals surface area contributed by atoms with Crippen LogP contribution in [-0.2, 0) is 4.79 Å². The molecule has 0 fully saturated rings. The van der Waals surface area contributed by atoms with Crippen LogP contribution in [0.3, 0.4) is 0 Å². The number of carbonyl (C=O) groups excluding carboxylic acids is 2. The molecule has 0 saturated heterocycles. The summed E-state index contributed by atoms with van der Waals surface area (Å²) in [6.07, 6.45) is 2.28. The van der Waals surface area contributed by atoms with E-state index in [1.54, 1.807) is 12.1 Å². The zero-order chi connectivity index (χ0) is 16.1. The SMILES string of the molecule is O=C(/C=C/c1ccc(O)c(O)c1)CC(=O)c1ccccc1O. The Morgan fingerprint density at radius 2 is 1.64 bits per heavy atom. The molecule has 0 amide bonds. The van der Waals surface area contributed by atoms with Gasteiger partial charge >= 0.3 is 0 Å². The molecule has 112 valence electrons. The Morgan fingerprint density at radius 1 is 0.909 bits per heavy atom. The topological polar surface area (TPSA) is 94.8 Å². The Labute approximate surface area is 126 Å². The molecule has 22 heavy (non-hydrogen) atoms. The third kappa shape index (κ3) is 3.73. The predicted octanol–water partition coefficient (Wildman–Crippen LogP) is 2.66. The van der Waals surface area contributed by atoms with Gasteiger partial charge in [-0.1, -0.05) is 24.3 Å². The fourth-order valence-electron chi connectivity index (χ4n) is 1.86. The van der Waals surface area contributed by atoms with Gasteiger partial charge in [0.1, 0.15) is 5.75 Å². The number of benzene rings is 2. The number of allylic oxidation sites excluding steroid dienone is 1. The molecule has 0 aliphatic rings. The lowest BCUT2D eigenvalue weighted by Gasteiger charge is -2.01. The molecule has 0 bridgehead atoms. The molecule has 3 N–H and O–H groups in total. The Bertz CT molecular complexity index is 746. The van der Waals surface area contributed by atoms with Crippen LogP contribution in [0.1, 0.15) is 22.3 Å². The second kappa shape index (κ2) is 6.58. The average molecular weight is 298 g/mol. The van der Waals surface area contributed by atoms with E-state index in [4.69, 9.17) is 0 Å². The van der Waals surface area contributed by atoms with Crippen molar-refractivity contribution in [3.8, 4) is 17.2 Å². The van der Waals surface area contributed by atoms with Gasteiger partial charge in [0.2, 0.25) is 0 Å². The first kappa shape index (κ1) is 15.3. The van der Waals surface area contributed by atoms with Crippen molar-refractivity contribution < 1.29 is 24.9 Å². The van der Waals surface area contributed by atoms with Gasteiger partial charge in [-0.2, -0.15) is 0 Å². The molecule has 2 rings (SSSR count). The first-order valence-electron chi connectivity index (χ1n) is 6.51. The van der Waals surface area contributed by atoms with Crippen molar-refractivity contribution in [2.24, 2.45) is 0 Å². The molecule has 0 aliphatic heterocycles. The Morgan fingerprint density at radius 3 is 2.32 bits per heavy atom. The fourth-order valence-corrected chi connectivity index (χ4v) is 1.86. The molecule has 0 radical (unpaired) electrons. The maximum atomic E-state index is 11.9. The summed E-state index contributed by atoms with van der Waals surface area (Å²) in [5.74, 6) is -1.60. The number of phenolic OH excluding ortho intramolecular Hbond substituents is 3. The van der Waals surface area contributed by atoms with Crippen LogP contribution in [0, 0.1) is 0 Å². The minimum absolute atomic E-state index is 0.103. The molecular weight excluding hydrogens is 284 g/mol. The van der Waals surface area contributed by atoms with E-state index in [0.29, 0.717) is 5.56 Å². The highest BCUT2D eigenvalue weighted by Crippen LogP contribution is 2.25. The van der Waals surface area contributed by atoms with Crippen molar-refractivity contribution in [2.75, 3.05) is 0 Å². The average Bonchev–Trinajstić information content (AvgIpc) is 2.49. The van der Waals surface area contributed by atoms with Gasteiger partial charge in [0, 0.05) is 0 Å². The number of hydrogen-bond acceptors (Lipinski definition) is 5. The predicted molar refractivity (Wildman–Crippen MR) is 80.9 cm³/mol. The van der Waals surface area contributed by atoms with E-state index in [1.807, 2.05) is 0 Å². The zero-order valence-electron chi connectivity index (χ0n) is 11.6. The quantitative estimate of drug-likeness (QED) is 0.341. The van der Waals surface area contributed by atoms with E-state index in [9.17, 15) is 24.9 Å². The van der Waals surface area contributed by atoms with E-state index >= 15 is 0 Å². The lowest BCUT2D eigenvalue weighted by atomic mass is 10.0. The summed E-state index contributed by atoms with van der Waals surface area (Å²) in [4.78, 5) is 23.7. The largest absolute Gasteiger partial charge is 0.507 e. The molecule has 0 aliphatic carbocycles. The second-order valence-corrected chi connectivity index (χ2v) is 4.66. The van der Waals surface area contributed by atoms with Gasteiger partial charge in [0.15, 0.2) is 23.1 Å². The lowest BCUT2D eigenvalue weighted by molar-refractivity contribution is -0.113. The summed E-state index contributed by atoms with van der Waals surface area (Å²) in [5, 5.41) is 28.1. The van der Waals surface area contributed by atoms with Crippen LogP contribution in [-0.4, -0.2) is 26.9 Å². The Hall–Kier alpha value is -3.08. The van der Waals surface area contributed by atoms with Crippen molar-refractivity contribution in [3.05, 3.63) is 59.7 Å². The van der Waals surface area contributed by atoms with Crippen LogP contribution in [0.25, 0.3) is 6.08 Å². The van der Waals surface area contributed by atoms with Gasteiger partial charge in [0.05, 0.1) is 12.0 Å². The van der Waals surface area contributed by atoms with Crippen molar-refractivity contribution >= 4 is 17.6 Å². The summed E-state index contributed by atoms with van der Waals surface area (Å²) in [6, 6.07) is 10.1. The van der Waals surface area contributed by atoms with Gasteiger partial charge in [-0.05, 0) is 35.9 Å². The monoisotopic (exact) mass is 298 g/mol. The number of rotatable bonds is 5. The summed E-state index contributed by atoms with van der Waals surface area (Å²) in [6.45, 7) is 0. The van der Waals surface area contributed by atoms with Crippen molar-refractivity contribution in [1.82, 2.24) is 0 Å². The molecule has 5 nitrogen and oxygen atoms in total. The maximum Gasteiger partial charge on any atom is 0.174 e. The third-order valence-corrected chi connectivity index (χ3v) is 3.00. The molecule has 0 heterocycles. The molecular formula is C17H14O5. The van der Waals surface area contributed by atoms with Crippen LogP contribution in [0.15, 0.2) is 48.5 Å². The molecule has 2 aromatic rings. The van der Waals surface area contributed by atoms with E-state index in [0.717, 1.165) is 0 Å². The van der Waals surface area contributed by atoms with Crippen molar-refractivity contribution in [3.63, 3.8) is 0 Å². The molecule has 5 heteroatoms. The van der Waals surface area contributed by atoms with E-state index in [1.165, 1.54) is 42.5 Å². The van der Waals surface area contributed by atoms with Gasteiger partial charge in [-0.15, -0.1) is 0 Å². The van der Waals surface area contributed by atoms with E-state index < -0.39 is 11.6 Å². The second-order valence-electron chi connectivity index (χ2n) is 4.66. The van der Waals surface area contributed by atoms with Crippen LogP contribution < -0.4 is 0 Å². The van der Waals surface area contributed by atoms with Crippen molar-refractivity contribution in [1.29, 1.82) is 0 Å². The summed E-state index contributed by atoms with van der Waals surface area (Å²) in [5.41, 5.74) is 0.616. The van der Waals surface area contributed by atoms with E-state index in [2.05, 4.69) is 0 Å². The zero-order valence-corrected chi connectivity index (χ0v) is 11.6. The molecule has 2 aromatic carbocycles. The highest BCUT2D eigenvalue weighted by atomic mass is 16.3. The van der Waals surface area contributed by atoms with Crippen LogP contribution in [0.5, 0.6) is 17.2 Å². The van der Waals surface area contributed by atoms with Crippen LogP contribution in [0.2, 0.25) is 0 Å². The van der Waals surface area contributed by atoms with E-state index in [-0.39, 0.29) is 29.2 Å². The number of para-hydroxylation sites is 1. The Balaban J connectivity index is 2.03. The fraction of sp³-hybridized carbons (Fsp3) is 0.0588. The minimum atomic E-state index is -0.471. The van der Waals surface area contributed by atoms with Gasteiger partial charge in [-0.3, -0.25) is 9.59 Å². The number of phenols is 3. The molecule has 0 spiro atoms. The Kier molecular flexibility index (Phi) is 4.58. The summed E-state index contributed by atoms with van der Waals surface area (Å²) in [7, 11) is 0. The molecule has 0 atom stereocenters. The van der Waals surface area contributed by atoms with Gasteiger partial charge in [0.25, 0.3) is 0 Å². The van der Waals surface area contributed by atoms with Gasteiger partial charge < -0.3 is 15.3 Å². The van der Waals surface area contributed by atoms with Crippen LogP contribution in [0.4, 0.5) is 0 Å². The van der Waals surface area contributed by atoms with Gasteiger partial charge in [-0.25, -0.2) is 0 Å². The first-order valence-corrected chi connectivity index (χ1v) is 6.51. The summed E-state index contributed by atoms with van der Waals surface area (Å²) >= 11 is 0. The number of Topliss-reactive ketones (excluding diaryl/α,β-unsaturated/α-hetero) is 1. The molecule has 0 unspecified atom stereocenters. The maximum absolute atomic E-state index is 11.9.